The maximum atomic E-state index is 13.1. The van der Waals surface area contributed by atoms with Gasteiger partial charge in [0.05, 0.1) is 12.1 Å². The SMILES string of the molecule is CN(Cc1nc(C(C)(C)N)no1)c1cccc(F)c1. The van der Waals surface area contributed by atoms with Gasteiger partial charge in [-0.05, 0) is 32.0 Å². The monoisotopic (exact) mass is 264 g/mol. The largest absolute Gasteiger partial charge is 0.365 e. The van der Waals surface area contributed by atoms with Crippen molar-refractivity contribution in [3.63, 3.8) is 0 Å². The van der Waals surface area contributed by atoms with Crippen LogP contribution in [-0.2, 0) is 12.1 Å². The third-order valence-corrected chi connectivity index (χ3v) is 2.67. The number of hydrogen-bond acceptors (Lipinski definition) is 5. The number of benzene rings is 1. The van der Waals surface area contributed by atoms with Crippen molar-refractivity contribution < 1.29 is 8.91 Å². The van der Waals surface area contributed by atoms with Crippen LogP contribution < -0.4 is 10.6 Å². The van der Waals surface area contributed by atoms with Crippen LogP contribution in [0, 0.1) is 5.82 Å². The molecule has 0 fully saturated rings. The third kappa shape index (κ3) is 3.29. The molecule has 1 aromatic carbocycles. The van der Waals surface area contributed by atoms with Crippen LogP contribution in [0.3, 0.4) is 0 Å². The zero-order chi connectivity index (χ0) is 14.0. The van der Waals surface area contributed by atoms with Gasteiger partial charge in [0.1, 0.15) is 5.82 Å². The first-order chi connectivity index (χ1) is 8.86. The topological polar surface area (TPSA) is 68.2 Å². The van der Waals surface area contributed by atoms with E-state index in [1.165, 1.54) is 12.1 Å². The first kappa shape index (κ1) is 13.5. The Morgan fingerprint density at radius 1 is 1.42 bits per heavy atom. The molecule has 0 spiro atoms. The summed E-state index contributed by atoms with van der Waals surface area (Å²) in [7, 11) is 1.83. The first-order valence-electron chi connectivity index (χ1n) is 5.95. The number of aromatic nitrogens is 2. The summed E-state index contributed by atoms with van der Waals surface area (Å²) in [6, 6.07) is 6.32. The maximum Gasteiger partial charge on any atom is 0.246 e. The molecule has 2 N–H and O–H groups in total. The highest BCUT2D eigenvalue weighted by molar-refractivity contribution is 5.45. The van der Waals surface area contributed by atoms with Crippen molar-refractivity contribution in [3.8, 4) is 0 Å². The lowest BCUT2D eigenvalue weighted by Gasteiger charge is -2.16. The molecule has 0 bridgehead atoms. The summed E-state index contributed by atoms with van der Waals surface area (Å²) in [5, 5.41) is 3.84. The van der Waals surface area contributed by atoms with Crippen molar-refractivity contribution >= 4 is 5.69 Å². The molecule has 0 saturated carbocycles. The van der Waals surface area contributed by atoms with Gasteiger partial charge >= 0.3 is 0 Å². The molecule has 0 aliphatic carbocycles. The number of nitrogens with two attached hydrogens (primary N) is 1. The number of halogens is 1. The van der Waals surface area contributed by atoms with Crippen molar-refractivity contribution in [2.75, 3.05) is 11.9 Å². The second-order valence-corrected chi connectivity index (χ2v) is 5.07. The Hall–Kier alpha value is -1.95. The molecule has 0 atom stereocenters. The van der Waals surface area contributed by atoms with Crippen LogP contribution in [-0.4, -0.2) is 17.2 Å². The lowest BCUT2D eigenvalue weighted by atomic mass is 10.1. The normalized spacial score (nSPS) is 11.6. The predicted octanol–water partition coefficient (Wildman–Crippen LogP) is 2.04. The fourth-order valence-corrected chi connectivity index (χ4v) is 1.59. The minimum absolute atomic E-state index is 0.279. The van der Waals surface area contributed by atoms with E-state index in [0.29, 0.717) is 18.3 Å². The molecule has 2 rings (SSSR count). The van der Waals surface area contributed by atoms with Gasteiger partial charge in [-0.3, -0.25) is 0 Å². The van der Waals surface area contributed by atoms with Crippen LogP contribution in [0.25, 0.3) is 0 Å². The average molecular weight is 264 g/mol. The molecule has 0 unspecified atom stereocenters. The summed E-state index contributed by atoms with van der Waals surface area (Å²) in [4.78, 5) is 6.05. The van der Waals surface area contributed by atoms with E-state index in [1.54, 1.807) is 19.9 Å². The molecule has 19 heavy (non-hydrogen) atoms. The van der Waals surface area contributed by atoms with Crippen molar-refractivity contribution in [3.05, 3.63) is 41.8 Å². The number of nitrogens with zero attached hydrogens (tertiary/aromatic N) is 3. The van der Waals surface area contributed by atoms with Gasteiger partial charge in [0.15, 0.2) is 5.82 Å². The van der Waals surface area contributed by atoms with E-state index < -0.39 is 5.54 Å². The fourth-order valence-electron chi connectivity index (χ4n) is 1.59. The molecule has 0 aliphatic rings. The van der Waals surface area contributed by atoms with Gasteiger partial charge in [-0.1, -0.05) is 11.2 Å². The van der Waals surface area contributed by atoms with Crippen molar-refractivity contribution in [1.29, 1.82) is 0 Å². The molecule has 102 valence electrons. The number of anilines is 1. The first-order valence-corrected chi connectivity index (χ1v) is 5.95. The second kappa shape index (κ2) is 4.97. The van der Waals surface area contributed by atoms with Crippen molar-refractivity contribution in [2.24, 2.45) is 5.73 Å². The molecule has 6 heteroatoms. The van der Waals surface area contributed by atoms with E-state index in [1.807, 2.05) is 18.0 Å². The smallest absolute Gasteiger partial charge is 0.246 e. The summed E-state index contributed by atoms with van der Waals surface area (Å²) in [5.41, 5.74) is 5.99. The Kier molecular flexibility index (Phi) is 3.53. The van der Waals surface area contributed by atoms with E-state index in [4.69, 9.17) is 10.3 Å². The predicted molar refractivity (Wildman–Crippen MR) is 70.0 cm³/mol. The van der Waals surface area contributed by atoms with Crippen LogP contribution in [0.5, 0.6) is 0 Å². The molecule has 2 aromatic rings. The zero-order valence-corrected chi connectivity index (χ0v) is 11.2. The molecule has 1 aromatic heterocycles. The molecule has 0 saturated heterocycles. The third-order valence-electron chi connectivity index (χ3n) is 2.67. The van der Waals surface area contributed by atoms with Crippen LogP contribution in [0.15, 0.2) is 28.8 Å². The molecule has 5 nitrogen and oxygen atoms in total. The molecule has 0 aliphatic heterocycles. The summed E-state index contributed by atoms with van der Waals surface area (Å²) >= 11 is 0. The fraction of sp³-hybridized carbons (Fsp3) is 0.385. The van der Waals surface area contributed by atoms with Crippen LogP contribution in [0.2, 0.25) is 0 Å². The van der Waals surface area contributed by atoms with Gasteiger partial charge in [-0.2, -0.15) is 4.98 Å². The Morgan fingerprint density at radius 2 is 2.16 bits per heavy atom. The minimum Gasteiger partial charge on any atom is -0.365 e. The zero-order valence-electron chi connectivity index (χ0n) is 11.2. The Labute approximate surface area is 111 Å². The van der Waals surface area contributed by atoms with Crippen LogP contribution in [0.1, 0.15) is 25.6 Å². The van der Waals surface area contributed by atoms with Gasteiger partial charge in [-0.15, -0.1) is 0 Å². The van der Waals surface area contributed by atoms with Gasteiger partial charge in [0.2, 0.25) is 5.89 Å². The minimum atomic E-state index is -0.640. The van der Waals surface area contributed by atoms with Crippen LogP contribution in [0.4, 0.5) is 10.1 Å². The van der Waals surface area contributed by atoms with E-state index in [2.05, 4.69) is 10.1 Å². The average Bonchev–Trinajstić information content (AvgIpc) is 2.77. The van der Waals surface area contributed by atoms with Crippen LogP contribution >= 0.6 is 0 Å². The maximum absolute atomic E-state index is 13.1. The molecule has 0 amide bonds. The van der Waals surface area contributed by atoms with Crippen molar-refractivity contribution in [2.45, 2.75) is 25.9 Å². The highest BCUT2D eigenvalue weighted by Gasteiger charge is 2.21. The van der Waals surface area contributed by atoms with Crippen molar-refractivity contribution in [1.82, 2.24) is 10.1 Å². The molecule has 1 heterocycles. The lowest BCUT2D eigenvalue weighted by molar-refractivity contribution is 0.360. The molecule has 0 radical (unpaired) electrons. The molecular weight excluding hydrogens is 247 g/mol. The Bertz CT molecular complexity index is 562. The standard InChI is InChI=1S/C13H17FN4O/c1-13(2,15)12-16-11(19-17-12)8-18(3)10-6-4-5-9(14)7-10/h4-7H,8,15H2,1-3H3. The summed E-state index contributed by atoms with van der Waals surface area (Å²) in [5.74, 6) is 0.620. The van der Waals surface area contributed by atoms with Gasteiger partial charge in [0.25, 0.3) is 0 Å². The summed E-state index contributed by atoms with van der Waals surface area (Å²) in [6.07, 6.45) is 0. The molecular formula is C13H17FN4O. The number of hydrogen-bond donors (Lipinski definition) is 1. The highest BCUT2D eigenvalue weighted by Crippen LogP contribution is 2.17. The number of rotatable bonds is 4. The Morgan fingerprint density at radius 3 is 2.74 bits per heavy atom. The van der Waals surface area contributed by atoms with E-state index in [9.17, 15) is 4.39 Å². The quantitative estimate of drug-likeness (QED) is 0.915. The van der Waals surface area contributed by atoms with E-state index in [0.717, 1.165) is 5.69 Å². The summed E-state index contributed by atoms with van der Waals surface area (Å²) in [6.45, 7) is 4.00. The van der Waals surface area contributed by atoms with E-state index in [-0.39, 0.29) is 5.82 Å². The highest BCUT2D eigenvalue weighted by atomic mass is 19.1. The summed E-state index contributed by atoms with van der Waals surface area (Å²) < 4.78 is 18.3. The second-order valence-electron chi connectivity index (χ2n) is 5.07. The van der Waals surface area contributed by atoms with Gasteiger partial charge < -0.3 is 15.2 Å². The van der Waals surface area contributed by atoms with E-state index >= 15 is 0 Å². The lowest BCUT2D eigenvalue weighted by Crippen LogP contribution is -2.30. The van der Waals surface area contributed by atoms with Gasteiger partial charge in [0, 0.05) is 12.7 Å². The Balaban J connectivity index is 2.11. The van der Waals surface area contributed by atoms with Gasteiger partial charge in [-0.25, -0.2) is 4.39 Å².